The lowest BCUT2D eigenvalue weighted by Gasteiger charge is -2.12. The summed E-state index contributed by atoms with van der Waals surface area (Å²) >= 11 is 9.25. The molecule has 0 bridgehead atoms. The molecule has 0 atom stereocenters. The summed E-state index contributed by atoms with van der Waals surface area (Å²) in [6, 6.07) is 5.51. The Morgan fingerprint density at radius 2 is 2.14 bits per heavy atom. The Labute approximate surface area is 97.9 Å². The van der Waals surface area contributed by atoms with Crippen LogP contribution in [0.2, 0.25) is 5.02 Å². The topological polar surface area (TPSA) is 12.5 Å². The van der Waals surface area contributed by atoms with Gasteiger partial charge in [-0.3, -0.25) is 0 Å². The highest BCUT2D eigenvalue weighted by molar-refractivity contribution is 9.10. The number of hydrogen-bond donors (Lipinski definition) is 0. The van der Waals surface area contributed by atoms with E-state index in [2.05, 4.69) is 20.8 Å². The van der Waals surface area contributed by atoms with E-state index in [-0.39, 0.29) is 0 Å². The number of ether oxygens (including phenoxy) is 1. The van der Waals surface area contributed by atoms with Crippen LogP contribution < -0.4 is 4.74 Å². The number of hydrogen-bond acceptors (Lipinski definition) is 2. The van der Waals surface area contributed by atoms with Crippen molar-refractivity contribution in [2.75, 3.05) is 27.2 Å². The summed E-state index contributed by atoms with van der Waals surface area (Å²) in [5.74, 6) is 0.791. The zero-order chi connectivity index (χ0) is 10.6. The molecule has 0 saturated heterocycles. The van der Waals surface area contributed by atoms with Crippen LogP contribution in [0, 0.1) is 0 Å². The summed E-state index contributed by atoms with van der Waals surface area (Å²) in [6.07, 6.45) is 0. The normalized spacial score (nSPS) is 10.6. The highest BCUT2D eigenvalue weighted by Gasteiger charge is 2.01. The first kappa shape index (κ1) is 11.8. The number of benzene rings is 1. The van der Waals surface area contributed by atoms with Gasteiger partial charge in [-0.15, -0.1) is 0 Å². The molecule has 1 aromatic rings. The molecule has 14 heavy (non-hydrogen) atoms. The molecule has 0 unspecified atom stereocenters. The first-order valence-corrected chi connectivity index (χ1v) is 5.49. The van der Waals surface area contributed by atoms with Crippen molar-refractivity contribution in [1.82, 2.24) is 4.90 Å². The van der Waals surface area contributed by atoms with E-state index in [0.29, 0.717) is 11.6 Å². The van der Waals surface area contributed by atoms with Gasteiger partial charge in [-0.25, -0.2) is 0 Å². The van der Waals surface area contributed by atoms with Crippen molar-refractivity contribution in [2.24, 2.45) is 0 Å². The summed E-state index contributed by atoms with van der Waals surface area (Å²) in [6.45, 7) is 1.55. The number of rotatable bonds is 4. The minimum Gasteiger partial charge on any atom is -0.491 e. The third kappa shape index (κ3) is 3.86. The molecule has 0 aliphatic heterocycles. The van der Waals surface area contributed by atoms with Crippen LogP contribution in [0.15, 0.2) is 22.7 Å². The monoisotopic (exact) mass is 277 g/mol. The molecule has 4 heteroatoms. The van der Waals surface area contributed by atoms with Gasteiger partial charge in [0.05, 0.1) is 4.47 Å². The molecule has 0 fully saturated rings. The van der Waals surface area contributed by atoms with Gasteiger partial charge < -0.3 is 9.64 Å². The zero-order valence-electron chi connectivity index (χ0n) is 8.26. The van der Waals surface area contributed by atoms with E-state index in [1.165, 1.54) is 0 Å². The lowest BCUT2D eigenvalue weighted by Crippen LogP contribution is -2.19. The first-order valence-electron chi connectivity index (χ1n) is 4.32. The molecule has 0 spiro atoms. The molecule has 0 N–H and O–H groups in total. The smallest absolute Gasteiger partial charge is 0.135 e. The minimum atomic E-state index is 0.659. The fourth-order valence-electron chi connectivity index (χ4n) is 0.926. The van der Waals surface area contributed by atoms with Gasteiger partial charge in [0.1, 0.15) is 12.4 Å². The summed E-state index contributed by atoms with van der Waals surface area (Å²) in [4.78, 5) is 2.07. The molecule has 78 valence electrons. The van der Waals surface area contributed by atoms with Gasteiger partial charge in [0.25, 0.3) is 0 Å². The lowest BCUT2D eigenvalue weighted by atomic mass is 10.3. The average Bonchev–Trinajstić information content (AvgIpc) is 2.10. The molecule has 0 aromatic heterocycles. The van der Waals surface area contributed by atoms with E-state index in [1.807, 2.05) is 26.2 Å². The van der Waals surface area contributed by atoms with Crippen LogP contribution in [0.25, 0.3) is 0 Å². The van der Waals surface area contributed by atoms with Crippen molar-refractivity contribution in [2.45, 2.75) is 0 Å². The van der Waals surface area contributed by atoms with E-state index in [1.54, 1.807) is 6.07 Å². The minimum absolute atomic E-state index is 0.659. The fourth-order valence-corrected chi connectivity index (χ4v) is 1.45. The van der Waals surface area contributed by atoms with Crippen LogP contribution in [0.3, 0.4) is 0 Å². The number of nitrogens with zero attached hydrogens (tertiary/aromatic N) is 1. The Kier molecular flexibility index (Phi) is 4.72. The second-order valence-electron chi connectivity index (χ2n) is 3.23. The Morgan fingerprint density at radius 3 is 2.79 bits per heavy atom. The molecule has 0 heterocycles. The van der Waals surface area contributed by atoms with Crippen molar-refractivity contribution in [1.29, 1.82) is 0 Å². The molecular weight excluding hydrogens is 265 g/mol. The third-order valence-electron chi connectivity index (χ3n) is 1.69. The largest absolute Gasteiger partial charge is 0.491 e. The van der Waals surface area contributed by atoms with Crippen LogP contribution >= 0.6 is 27.5 Å². The van der Waals surface area contributed by atoms with Crippen molar-refractivity contribution in [3.63, 3.8) is 0 Å². The van der Waals surface area contributed by atoms with Gasteiger partial charge in [0.15, 0.2) is 0 Å². The van der Waals surface area contributed by atoms with E-state index in [9.17, 15) is 0 Å². The van der Waals surface area contributed by atoms with Gasteiger partial charge in [-0.2, -0.15) is 0 Å². The maximum atomic E-state index is 5.85. The number of halogens is 2. The molecule has 1 rings (SSSR count). The molecule has 0 aliphatic carbocycles. The summed E-state index contributed by atoms with van der Waals surface area (Å²) in [7, 11) is 4.02. The van der Waals surface area contributed by atoms with E-state index in [0.717, 1.165) is 16.8 Å². The van der Waals surface area contributed by atoms with Crippen LogP contribution in [0.4, 0.5) is 0 Å². The van der Waals surface area contributed by atoms with Crippen LogP contribution in [0.5, 0.6) is 5.75 Å². The van der Waals surface area contributed by atoms with Crippen molar-refractivity contribution in [3.05, 3.63) is 27.7 Å². The Balaban J connectivity index is 2.53. The second-order valence-corrected chi connectivity index (χ2v) is 4.52. The lowest BCUT2D eigenvalue weighted by molar-refractivity contribution is 0.260. The van der Waals surface area contributed by atoms with E-state index in [4.69, 9.17) is 16.3 Å². The predicted octanol–water partition coefficient (Wildman–Crippen LogP) is 3.04. The predicted molar refractivity (Wildman–Crippen MR) is 63.2 cm³/mol. The van der Waals surface area contributed by atoms with Crippen molar-refractivity contribution >= 4 is 27.5 Å². The Hall–Kier alpha value is -0.250. The highest BCUT2D eigenvalue weighted by atomic mass is 79.9. The maximum absolute atomic E-state index is 5.85. The molecule has 2 nitrogen and oxygen atoms in total. The van der Waals surface area contributed by atoms with E-state index < -0.39 is 0 Å². The molecule has 0 radical (unpaired) electrons. The van der Waals surface area contributed by atoms with Crippen LogP contribution in [-0.4, -0.2) is 32.1 Å². The summed E-state index contributed by atoms with van der Waals surface area (Å²) in [5, 5.41) is 0.688. The number of likely N-dealkylation sites (N-methyl/N-ethyl adjacent to an activating group) is 1. The second kappa shape index (κ2) is 5.59. The van der Waals surface area contributed by atoms with Gasteiger partial charge in [0, 0.05) is 11.6 Å². The zero-order valence-corrected chi connectivity index (χ0v) is 10.6. The molecule has 0 amide bonds. The Bertz CT molecular complexity index is 304. The van der Waals surface area contributed by atoms with Gasteiger partial charge >= 0.3 is 0 Å². The summed E-state index contributed by atoms with van der Waals surface area (Å²) < 4.78 is 6.49. The fraction of sp³-hybridized carbons (Fsp3) is 0.400. The summed E-state index contributed by atoms with van der Waals surface area (Å²) in [5.41, 5.74) is 0. The molecular formula is C10H13BrClNO. The highest BCUT2D eigenvalue weighted by Crippen LogP contribution is 2.27. The van der Waals surface area contributed by atoms with Crippen LogP contribution in [-0.2, 0) is 0 Å². The van der Waals surface area contributed by atoms with Crippen molar-refractivity contribution < 1.29 is 4.74 Å². The van der Waals surface area contributed by atoms with Gasteiger partial charge in [-0.1, -0.05) is 11.6 Å². The quantitative estimate of drug-likeness (QED) is 0.839. The SMILES string of the molecule is CN(C)CCOc1cc(Cl)ccc1Br. The maximum Gasteiger partial charge on any atom is 0.135 e. The van der Waals surface area contributed by atoms with Gasteiger partial charge in [-0.05, 0) is 48.2 Å². The first-order chi connectivity index (χ1) is 6.59. The van der Waals surface area contributed by atoms with Crippen molar-refractivity contribution in [3.8, 4) is 5.75 Å². The average molecular weight is 279 g/mol. The molecule has 0 saturated carbocycles. The molecule has 0 aliphatic rings. The standard InChI is InChI=1S/C10H13BrClNO/c1-13(2)5-6-14-10-7-8(12)3-4-9(10)11/h3-4,7H,5-6H2,1-2H3. The van der Waals surface area contributed by atoms with Crippen LogP contribution in [0.1, 0.15) is 0 Å². The van der Waals surface area contributed by atoms with Gasteiger partial charge in [0.2, 0.25) is 0 Å². The van der Waals surface area contributed by atoms with E-state index >= 15 is 0 Å². The third-order valence-corrected chi connectivity index (χ3v) is 2.58. The molecule has 1 aromatic carbocycles. The Morgan fingerprint density at radius 1 is 1.43 bits per heavy atom.